The Morgan fingerprint density at radius 1 is 1.25 bits per heavy atom. The molecule has 0 aliphatic carbocycles. The second-order valence-corrected chi connectivity index (χ2v) is 4.70. The van der Waals surface area contributed by atoms with Gasteiger partial charge in [-0.25, -0.2) is 0 Å². The van der Waals surface area contributed by atoms with Crippen molar-refractivity contribution >= 4 is 5.91 Å². The highest BCUT2D eigenvalue weighted by Crippen LogP contribution is 2.37. The Morgan fingerprint density at radius 2 is 1.92 bits per heavy atom. The van der Waals surface area contributed by atoms with Crippen LogP contribution in [0.3, 0.4) is 0 Å². The van der Waals surface area contributed by atoms with E-state index in [0.29, 0.717) is 0 Å². The number of halogens is 5. The van der Waals surface area contributed by atoms with Crippen molar-refractivity contribution in [2.45, 2.75) is 18.8 Å². The first-order valence-corrected chi connectivity index (χ1v) is 6.59. The van der Waals surface area contributed by atoms with Crippen LogP contribution >= 0.6 is 0 Å². The first-order chi connectivity index (χ1) is 11.2. The quantitative estimate of drug-likeness (QED) is 0.844. The van der Waals surface area contributed by atoms with Gasteiger partial charge in [-0.2, -0.15) is 27.1 Å². The van der Waals surface area contributed by atoms with Crippen LogP contribution in [0.5, 0.6) is 5.75 Å². The van der Waals surface area contributed by atoms with Gasteiger partial charge in [0, 0.05) is 18.8 Å². The van der Waals surface area contributed by atoms with Crippen molar-refractivity contribution in [1.29, 1.82) is 0 Å². The summed E-state index contributed by atoms with van der Waals surface area (Å²) in [5, 5.41) is 5.47. The van der Waals surface area contributed by atoms with Gasteiger partial charge in [-0.1, -0.05) is 18.2 Å². The summed E-state index contributed by atoms with van der Waals surface area (Å²) in [4.78, 5) is 12.0. The number of carbonyl (C=O) groups excluding carboxylic acids is 1. The lowest BCUT2D eigenvalue weighted by Gasteiger charge is -2.24. The number of amides is 1. The molecule has 130 valence electrons. The van der Waals surface area contributed by atoms with Crippen molar-refractivity contribution in [3.05, 3.63) is 47.8 Å². The smallest absolute Gasteiger partial charge is 0.413 e. The third-order valence-electron chi connectivity index (χ3n) is 3.10. The third kappa shape index (κ3) is 4.00. The molecule has 1 heterocycles. The Morgan fingerprint density at radius 3 is 2.46 bits per heavy atom. The maximum absolute atomic E-state index is 13.3. The second kappa shape index (κ2) is 6.85. The van der Waals surface area contributed by atoms with Crippen LogP contribution in [0.25, 0.3) is 0 Å². The van der Waals surface area contributed by atoms with Crippen molar-refractivity contribution in [3.8, 4) is 5.75 Å². The number of hydrogen-bond acceptors (Lipinski definition) is 3. The number of alkyl halides is 5. The Bertz CT molecular complexity index is 714. The van der Waals surface area contributed by atoms with Crippen LogP contribution in [0, 0.1) is 0 Å². The minimum Gasteiger partial charge on any atom is -0.434 e. The van der Waals surface area contributed by atoms with E-state index < -0.39 is 36.0 Å². The first-order valence-electron chi connectivity index (χ1n) is 6.59. The highest BCUT2D eigenvalue weighted by atomic mass is 19.4. The molecule has 0 saturated heterocycles. The summed E-state index contributed by atoms with van der Waals surface area (Å²) in [7, 11) is 1.38. The highest BCUT2D eigenvalue weighted by Gasteiger charge is 2.44. The number of para-hydroxylation sites is 1. The predicted molar refractivity (Wildman–Crippen MR) is 72.5 cm³/mol. The molecular formula is C14H12F5N3O2. The molecule has 0 bridgehead atoms. The molecule has 0 fully saturated rings. The van der Waals surface area contributed by atoms with E-state index in [1.165, 1.54) is 31.4 Å². The van der Waals surface area contributed by atoms with Crippen LogP contribution in [-0.4, -0.2) is 28.5 Å². The van der Waals surface area contributed by atoms with Crippen molar-refractivity contribution in [3.63, 3.8) is 0 Å². The Balaban J connectivity index is 2.37. The van der Waals surface area contributed by atoms with E-state index in [-0.39, 0.29) is 5.69 Å². The fourth-order valence-corrected chi connectivity index (χ4v) is 2.06. The Hall–Kier alpha value is -2.65. The molecule has 0 aliphatic rings. The summed E-state index contributed by atoms with van der Waals surface area (Å²) < 4.78 is 70.0. The van der Waals surface area contributed by atoms with Gasteiger partial charge in [-0.05, 0) is 12.1 Å². The van der Waals surface area contributed by atoms with Crippen LogP contribution < -0.4 is 10.1 Å². The number of aryl methyl sites for hydroxylation is 1. The molecule has 2 rings (SSSR count). The van der Waals surface area contributed by atoms with Crippen LogP contribution in [0.4, 0.5) is 22.0 Å². The van der Waals surface area contributed by atoms with Gasteiger partial charge in [-0.3, -0.25) is 9.48 Å². The lowest BCUT2D eigenvalue weighted by molar-refractivity contribution is -0.156. The van der Waals surface area contributed by atoms with Crippen molar-refractivity contribution < 1.29 is 31.5 Å². The van der Waals surface area contributed by atoms with Crippen LogP contribution in [0.15, 0.2) is 36.5 Å². The molecule has 1 amide bonds. The van der Waals surface area contributed by atoms with E-state index in [9.17, 15) is 26.7 Å². The SMILES string of the molecule is Cn1nccc1C(=O)N[C@H](c1ccccc1OC(F)F)C(F)(F)F. The van der Waals surface area contributed by atoms with Gasteiger partial charge in [0.1, 0.15) is 11.4 Å². The molecule has 0 saturated carbocycles. The van der Waals surface area contributed by atoms with E-state index in [1.54, 1.807) is 5.32 Å². The fourth-order valence-electron chi connectivity index (χ4n) is 2.06. The molecule has 0 aliphatic heterocycles. The molecule has 5 nitrogen and oxygen atoms in total. The largest absolute Gasteiger partial charge is 0.434 e. The molecule has 1 aromatic carbocycles. The molecule has 2 aromatic rings. The average Bonchev–Trinajstić information content (AvgIpc) is 2.90. The predicted octanol–water partition coefficient (Wildman–Crippen LogP) is 3.05. The number of ether oxygens (including phenoxy) is 1. The summed E-state index contributed by atoms with van der Waals surface area (Å²) >= 11 is 0. The van der Waals surface area contributed by atoms with Crippen LogP contribution in [-0.2, 0) is 7.05 Å². The van der Waals surface area contributed by atoms with E-state index >= 15 is 0 Å². The van der Waals surface area contributed by atoms with Crippen molar-refractivity contribution in [1.82, 2.24) is 15.1 Å². The fraction of sp³-hybridized carbons (Fsp3) is 0.286. The molecule has 1 N–H and O–H groups in total. The summed E-state index contributed by atoms with van der Waals surface area (Å²) in [6.07, 6.45) is -3.68. The monoisotopic (exact) mass is 349 g/mol. The number of hydrogen-bond donors (Lipinski definition) is 1. The topological polar surface area (TPSA) is 56.2 Å². The second-order valence-electron chi connectivity index (χ2n) is 4.70. The number of carbonyl (C=O) groups is 1. The molecule has 0 radical (unpaired) electrons. The molecule has 1 atom stereocenters. The lowest BCUT2D eigenvalue weighted by Crippen LogP contribution is -2.39. The van der Waals surface area contributed by atoms with Gasteiger partial charge in [0.25, 0.3) is 5.91 Å². The molecule has 1 aromatic heterocycles. The number of benzene rings is 1. The first kappa shape index (κ1) is 17.7. The summed E-state index contributed by atoms with van der Waals surface area (Å²) in [6, 6.07) is 3.11. The van der Waals surface area contributed by atoms with E-state index in [4.69, 9.17) is 0 Å². The van der Waals surface area contributed by atoms with E-state index in [0.717, 1.165) is 16.8 Å². The molecule has 0 unspecified atom stereocenters. The Kier molecular flexibility index (Phi) is 5.05. The normalized spacial score (nSPS) is 13.0. The van der Waals surface area contributed by atoms with Crippen LogP contribution in [0.2, 0.25) is 0 Å². The molecule has 0 spiro atoms. The minimum absolute atomic E-state index is 0.114. The van der Waals surface area contributed by atoms with Gasteiger partial charge in [0.2, 0.25) is 0 Å². The maximum Gasteiger partial charge on any atom is 0.413 e. The van der Waals surface area contributed by atoms with Crippen LogP contribution in [0.1, 0.15) is 22.1 Å². The highest BCUT2D eigenvalue weighted by molar-refractivity contribution is 5.92. The summed E-state index contributed by atoms with van der Waals surface area (Å²) in [5.74, 6) is -1.72. The van der Waals surface area contributed by atoms with Gasteiger partial charge >= 0.3 is 12.8 Å². The number of rotatable bonds is 5. The Labute approximate surface area is 133 Å². The van der Waals surface area contributed by atoms with E-state index in [2.05, 4.69) is 9.84 Å². The van der Waals surface area contributed by atoms with Gasteiger partial charge < -0.3 is 10.1 Å². The lowest BCUT2D eigenvalue weighted by atomic mass is 10.0. The number of aromatic nitrogens is 2. The van der Waals surface area contributed by atoms with Crippen molar-refractivity contribution in [2.75, 3.05) is 0 Å². The van der Waals surface area contributed by atoms with Gasteiger partial charge in [0.05, 0.1) is 0 Å². The number of nitrogens with one attached hydrogen (secondary N) is 1. The standard InChI is InChI=1S/C14H12F5N3O2/c1-22-9(6-7-20-22)12(23)21-11(14(17,18)19)8-4-2-3-5-10(8)24-13(15)16/h2-7,11,13H,1H3,(H,21,23)/t11-/m1/s1. The zero-order valence-electron chi connectivity index (χ0n) is 12.2. The average molecular weight is 349 g/mol. The minimum atomic E-state index is -4.92. The maximum atomic E-state index is 13.3. The third-order valence-corrected chi connectivity index (χ3v) is 3.10. The van der Waals surface area contributed by atoms with E-state index in [1.807, 2.05) is 0 Å². The zero-order valence-corrected chi connectivity index (χ0v) is 12.2. The summed E-state index contributed by atoms with van der Waals surface area (Å²) in [6.45, 7) is -3.30. The zero-order chi connectivity index (χ0) is 17.9. The van der Waals surface area contributed by atoms with Gasteiger partial charge in [-0.15, -0.1) is 0 Å². The molecule has 10 heteroatoms. The number of nitrogens with zero attached hydrogens (tertiary/aromatic N) is 2. The molecular weight excluding hydrogens is 337 g/mol. The summed E-state index contributed by atoms with van der Waals surface area (Å²) in [5.41, 5.74) is -0.739. The van der Waals surface area contributed by atoms with Gasteiger partial charge in [0.15, 0.2) is 6.04 Å². The molecule has 24 heavy (non-hydrogen) atoms. The van der Waals surface area contributed by atoms with Crippen molar-refractivity contribution in [2.24, 2.45) is 7.05 Å².